The van der Waals surface area contributed by atoms with Crippen molar-refractivity contribution in [3.8, 4) is 11.1 Å². The molecule has 0 bridgehead atoms. The summed E-state index contributed by atoms with van der Waals surface area (Å²) in [7, 11) is -3.67. The zero-order chi connectivity index (χ0) is 27.1. The van der Waals surface area contributed by atoms with Crippen molar-refractivity contribution >= 4 is 16.0 Å². The van der Waals surface area contributed by atoms with Crippen LogP contribution in [-0.4, -0.2) is 35.9 Å². The number of nitrogens with zero attached hydrogens (tertiary/aromatic N) is 1. The van der Waals surface area contributed by atoms with Gasteiger partial charge in [0.1, 0.15) is 0 Å². The molecule has 196 valence electrons. The molecular formula is C30H35NO5S. The van der Waals surface area contributed by atoms with E-state index in [4.69, 9.17) is 4.74 Å². The third-order valence-electron chi connectivity index (χ3n) is 6.94. The molecule has 1 aliphatic heterocycles. The smallest absolute Gasteiger partial charge is 0.337 e. The third-order valence-corrected chi connectivity index (χ3v) is 8.80. The van der Waals surface area contributed by atoms with Gasteiger partial charge in [-0.1, -0.05) is 48.0 Å². The van der Waals surface area contributed by atoms with Crippen molar-refractivity contribution in [3.05, 3.63) is 88.0 Å². The Balaban J connectivity index is 1.93. The molecule has 0 radical (unpaired) electrons. The van der Waals surface area contributed by atoms with Gasteiger partial charge in [-0.15, -0.1) is 0 Å². The monoisotopic (exact) mass is 521 g/mol. The Morgan fingerprint density at radius 1 is 0.946 bits per heavy atom. The van der Waals surface area contributed by atoms with Crippen molar-refractivity contribution in [2.75, 3.05) is 6.54 Å². The van der Waals surface area contributed by atoms with Crippen molar-refractivity contribution in [1.29, 1.82) is 0 Å². The van der Waals surface area contributed by atoms with E-state index in [2.05, 4.69) is 0 Å². The summed E-state index contributed by atoms with van der Waals surface area (Å²) in [5.74, 6) is -1.05. The van der Waals surface area contributed by atoms with Crippen LogP contribution in [0.3, 0.4) is 0 Å². The molecule has 0 saturated heterocycles. The Hall–Kier alpha value is -3.00. The van der Waals surface area contributed by atoms with Crippen LogP contribution >= 0.6 is 0 Å². The largest absolute Gasteiger partial charge is 0.479 e. The highest BCUT2D eigenvalue weighted by atomic mass is 32.2. The lowest BCUT2D eigenvalue weighted by Gasteiger charge is -2.35. The molecule has 3 aromatic rings. The summed E-state index contributed by atoms with van der Waals surface area (Å²) in [4.78, 5) is 12.8. The SMILES string of the molecule is Cc1ccc(-c2c(C)c3c(c(C)c2C(OC(C)(C)C)C(=O)O)CCN(S(=O)(=O)c2ccccc2)C3)cc1. The van der Waals surface area contributed by atoms with Gasteiger partial charge in [-0.2, -0.15) is 4.31 Å². The predicted octanol–water partition coefficient (Wildman–Crippen LogP) is 5.97. The molecule has 1 heterocycles. The fourth-order valence-corrected chi connectivity index (χ4v) is 6.58. The van der Waals surface area contributed by atoms with E-state index in [1.54, 1.807) is 30.3 Å². The van der Waals surface area contributed by atoms with E-state index in [0.29, 0.717) is 18.5 Å². The van der Waals surface area contributed by atoms with Crippen LogP contribution in [0, 0.1) is 20.8 Å². The molecule has 37 heavy (non-hydrogen) atoms. The first-order valence-electron chi connectivity index (χ1n) is 12.5. The Morgan fingerprint density at radius 2 is 1.57 bits per heavy atom. The van der Waals surface area contributed by atoms with Crippen LogP contribution in [0.2, 0.25) is 0 Å². The minimum absolute atomic E-state index is 0.232. The number of benzene rings is 3. The third kappa shape index (κ3) is 5.35. The highest BCUT2D eigenvalue weighted by Gasteiger charge is 2.36. The molecule has 3 aromatic carbocycles. The van der Waals surface area contributed by atoms with E-state index in [0.717, 1.165) is 38.9 Å². The fourth-order valence-electron chi connectivity index (χ4n) is 5.15. The highest BCUT2D eigenvalue weighted by molar-refractivity contribution is 7.89. The average molecular weight is 522 g/mol. The molecule has 7 heteroatoms. The maximum atomic E-state index is 13.4. The molecule has 0 aromatic heterocycles. The molecular weight excluding hydrogens is 486 g/mol. The number of hydrogen-bond donors (Lipinski definition) is 1. The molecule has 0 saturated carbocycles. The molecule has 1 N–H and O–H groups in total. The number of fused-ring (bicyclic) bond motifs is 1. The lowest BCUT2D eigenvalue weighted by molar-refractivity contribution is -0.160. The van der Waals surface area contributed by atoms with Gasteiger partial charge in [0.25, 0.3) is 0 Å². The Labute approximate surface area is 220 Å². The van der Waals surface area contributed by atoms with Crippen LogP contribution in [0.25, 0.3) is 11.1 Å². The molecule has 0 spiro atoms. The number of sulfonamides is 1. The summed E-state index contributed by atoms with van der Waals surface area (Å²) in [6, 6.07) is 16.5. The maximum Gasteiger partial charge on any atom is 0.337 e. The summed E-state index contributed by atoms with van der Waals surface area (Å²) in [6.07, 6.45) is -0.664. The van der Waals surface area contributed by atoms with E-state index in [-0.39, 0.29) is 11.4 Å². The number of carboxylic acids is 1. The second-order valence-corrected chi connectivity index (χ2v) is 12.6. The molecule has 0 fully saturated rings. The van der Waals surface area contributed by atoms with E-state index in [9.17, 15) is 18.3 Å². The number of aliphatic carboxylic acids is 1. The quantitative estimate of drug-likeness (QED) is 0.432. The van der Waals surface area contributed by atoms with Gasteiger partial charge in [-0.25, -0.2) is 13.2 Å². The van der Waals surface area contributed by atoms with Gasteiger partial charge < -0.3 is 9.84 Å². The van der Waals surface area contributed by atoms with Gasteiger partial charge in [0.2, 0.25) is 10.0 Å². The van der Waals surface area contributed by atoms with Gasteiger partial charge in [0.05, 0.1) is 10.5 Å². The summed E-state index contributed by atoms with van der Waals surface area (Å²) >= 11 is 0. The van der Waals surface area contributed by atoms with E-state index < -0.39 is 27.7 Å². The molecule has 1 aliphatic rings. The number of ether oxygens (including phenoxy) is 1. The van der Waals surface area contributed by atoms with Crippen LogP contribution in [0.1, 0.15) is 60.3 Å². The first kappa shape index (κ1) is 27.0. The number of aryl methyl sites for hydroxylation is 1. The van der Waals surface area contributed by atoms with Gasteiger partial charge in [-0.3, -0.25) is 0 Å². The number of carboxylic acid groups (broad SMARTS) is 1. The van der Waals surface area contributed by atoms with Crippen molar-refractivity contribution in [2.24, 2.45) is 0 Å². The minimum atomic E-state index is -3.67. The van der Waals surface area contributed by atoms with E-state index in [1.165, 1.54) is 4.31 Å². The second-order valence-electron chi connectivity index (χ2n) is 10.7. The lowest BCUT2D eigenvalue weighted by Crippen LogP contribution is -2.37. The Kier molecular flexibility index (Phi) is 7.34. The zero-order valence-electron chi connectivity index (χ0n) is 22.3. The molecule has 4 rings (SSSR count). The van der Waals surface area contributed by atoms with Crippen LogP contribution in [0.5, 0.6) is 0 Å². The second kappa shape index (κ2) is 10.0. The summed E-state index contributed by atoms with van der Waals surface area (Å²) in [5.41, 5.74) is 6.42. The number of rotatable bonds is 6. The standard InChI is InChI=1S/C30H35NO5S/c1-19-12-14-22(15-13-19)26-21(3)25-18-31(37(34,35)23-10-8-7-9-11-23)17-16-24(25)20(2)27(26)28(29(32)33)36-30(4,5)6/h7-15,28H,16-18H2,1-6H3,(H,32,33). The van der Waals surface area contributed by atoms with Gasteiger partial charge in [0, 0.05) is 18.7 Å². The van der Waals surface area contributed by atoms with Crippen molar-refractivity contribution in [3.63, 3.8) is 0 Å². The topological polar surface area (TPSA) is 83.9 Å². The molecule has 0 amide bonds. The predicted molar refractivity (Wildman–Crippen MR) is 145 cm³/mol. The normalized spacial score (nSPS) is 15.3. The number of carbonyl (C=O) groups is 1. The molecule has 1 atom stereocenters. The van der Waals surface area contributed by atoms with Gasteiger partial charge >= 0.3 is 5.97 Å². The van der Waals surface area contributed by atoms with Crippen LogP contribution in [0.15, 0.2) is 59.5 Å². The maximum absolute atomic E-state index is 13.4. The van der Waals surface area contributed by atoms with Crippen LogP contribution in [-0.2, 0) is 32.5 Å². The fraction of sp³-hybridized carbons (Fsp3) is 0.367. The van der Waals surface area contributed by atoms with Crippen molar-refractivity contribution in [1.82, 2.24) is 4.31 Å². The van der Waals surface area contributed by atoms with Gasteiger partial charge in [-0.05, 0) is 93.5 Å². The van der Waals surface area contributed by atoms with E-state index >= 15 is 0 Å². The highest BCUT2D eigenvalue weighted by Crippen LogP contribution is 2.43. The summed E-state index contributed by atoms with van der Waals surface area (Å²) < 4.78 is 34.5. The summed E-state index contributed by atoms with van der Waals surface area (Å²) in [5, 5.41) is 10.3. The first-order chi connectivity index (χ1) is 17.3. The van der Waals surface area contributed by atoms with Crippen LogP contribution in [0.4, 0.5) is 0 Å². The van der Waals surface area contributed by atoms with Gasteiger partial charge in [0.15, 0.2) is 6.10 Å². The molecule has 6 nitrogen and oxygen atoms in total. The summed E-state index contributed by atoms with van der Waals surface area (Å²) in [6.45, 7) is 12.0. The van der Waals surface area contributed by atoms with E-state index in [1.807, 2.05) is 65.8 Å². The minimum Gasteiger partial charge on any atom is -0.479 e. The lowest BCUT2D eigenvalue weighted by atomic mass is 9.80. The van der Waals surface area contributed by atoms with Crippen molar-refractivity contribution < 1.29 is 23.1 Å². The Bertz CT molecular complexity index is 1420. The Morgan fingerprint density at radius 3 is 2.14 bits per heavy atom. The average Bonchev–Trinajstić information content (AvgIpc) is 2.85. The molecule has 1 unspecified atom stereocenters. The first-order valence-corrected chi connectivity index (χ1v) is 13.9. The number of hydrogen-bond acceptors (Lipinski definition) is 4. The zero-order valence-corrected chi connectivity index (χ0v) is 23.1. The molecule has 0 aliphatic carbocycles. The van der Waals surface area contributed by atoms with Crippen LogP contribution < -0.4 is 0 Å². The van der Waals surface area contributed by atoms with Crippen molar-refractivity contribution in [2.45, 2.75) is 71.1 Å².